The number of hydrogen-bond donors (Lipinski definition) is 2. The van der Waals surface area contributed by atoms with Gasteiger partial charge < -0.3 is 5.73 Å². The largest absolute Gasteiger partial charge is 0.351 e. The van der Waals surface area contributed by atoms with Crippen molar-refractivity contribution in [1.82, 2.24) is 10.3 Å². The standard InChI is InChI=1S/C12H10N4O4/c1-6-4-8-7(9(5-6)16(19)20)2-3-14-10(8)11(17)15-12(13)18/h2-5H,1H3,(H3,13,15,17,18). The molecule has 102 valence electrons. The second-order valence-electron chi connectivity index (χ2n) is 4.11. The van der Waals surface area contributed by atoms with Gasteiger partial charge in [-0.05, 0) is 24.6 Å². The summed E-state index contributed by atoms with van der Waals surface area (Å²) in [7, 11) is 0. The second-order valence-corrected chi connectivity index (χ2v) is 4.11. The third-order valence-corrected chi connectivity index (χ3v) is 2.65. The first-order valence-corrected chi connectivity index (χ1v) is 5.54. The Bertz CT molecular complexity index is 742. The van der Waals surface area contributed by atoms with Crippen LogP contribution in [0.3, 0.4) is 0 Å². The van der Waals surface area contributed by atoms with Crippen molar-refractivity contribution >= 4 is 28.4 Å². The number of nitro benzene ring substituents is 1. The van der Waals surface area contributed by atoms with E-state index in [-0.39, 0.29) is 22.2 Å². The summed E-state index contributed by atoms with van der Waals surface area (Å²) < 4.78 is 0. The zero-order valence-corrected chi connectivity index (χ0v) is 10.4. The van der Waals surface area contributed by atoms with Crippen molar-refractivity contribution < 1.29 is 14.5 Å². The van der Waals surface area contributed by atoms with Crippen LogP contribution in [0.2, 0.25) is 0 Å². The van der Waals surface area contributed by atoms with Gasteiger partial charge in [-0.25, -0.2) is 4.79 Å². The quantitative estimate of drug-likeness (QED) is 0.629. The molecule has 3 N–H and O–H groups in total. The molecule has 1 aromatic heterocycles. The summed E-state index contributed by atoms with van der Waals surface area (Å²) >= 11 is 0. The minimum absolute atomic E-state index is 0.0897. The summed E-state index contributed by atoms with van der Waals surface area (Å²) in [6.45, 7) is 1.66. The summed E-state index contributed by atoms with van der Waals surface area (Å²) in [6.07, 6.45) is 1.26. The van der Waals surface area contributed by atoms with E-state index in [0.29, 0.717) is 5.56 Å². The van der Waals surface area contributed by atoms with Crippen molar-refractivity contribution in [1.29, 1.82) is 0 Å². The van der Waals surface area contributed by atoms with Crippen molar-refractivity contribution in [2.45, 2.75) is 6.92 Å². The molecule has 20 heavy (non-hydrogen) atoms. The number of nitrogens with one attached hydrogen (secondary N) is 1. The second kappa shape index (κ2) is 4.92. The fourth-order valence-electron chi connectivity index (χ4n) is 1.91. The maximum absolute atomic E-state index is 11.8. The van der Waals surface area contributed by atoms with Crippen LogP contribution in [-0.2, 0) is 0 Å². The van der Waals surface area contributed by atoms with Crippen LogP contribution in [0, 0.1) is 17.0 Å². The average molecular weight is 274 g/mol. The number of urea groups is 1. The molecule has 0 bridgehead atoms. The molecule has 1 heterocycles. The molecule has 0 fully saturated rings. The Balaban J connectivity index is 2.72. The van der Waals surface area contributed by atoms with Gasteiger partial charge in [0.15, 0.2) is 0 Å². The lowest BCUT2D eigenvalue weighted by Gasteiger charge is -2.06. The number of imide groups is 1. The number of hydrogen-bond acceptors (Lipinski definition) is 5. The number of carbonyl (C=O) groups excluding carboxylic acids is 2. The number of nitrogens with zero attached hydrogens (tertiary/aromatic N) is 2. The van der Waals surface area contributed by atoms with Crippen LogP contribution in [0.4, 0.5) is 10.5 Å². The van der Waals surface area contributed by atoms with Gasteiger partial charge in [0.2, 0.25) is 0 Å². The molecule has 0 atom stereocenters. The summed E-state index contributed by atoms with van der Waals surface area (Å²) in [6, 6.07) is 3.41. The van der Waals surface area contributed by atoms with E-state index in [4.69, 9.17) is 5.73 Å². The number of primary amides is 1. The Kier molecular flexibility index (Phi) is 3.30. The van der Waals surface area contributed by atoms with Crippen molar-refractivity contribution in [3.8, 4) is 0 Å². The van der Waals surface area contributed by atoms with Gasteiger partial charge in [-0.1, -0.05) is 0 Å². The third-order valence-electron chi connectivity index (χ3n) is 2.65. The van der Waals surface area contributed by atoms with Gasteiger partial charge in [0.1, 0.15) is 5.69 Å². The predicted molar refractivity (Wildman–Crippen MR) is 70.2 cm³/mol. The lowest BCUT2D eigenvalue weighted by atomic mass is 10.0. The molecule has 1 aromatic carbocycles. The summed E-state index contributed by atoms with van der Waals surface area (Å²) in [5.74, 6) is -0.803. The Morgan fingerprint density at radius 3 is 2.65 bits per heavy atom. The molecule has 0 spiro atoms. The minimum atomic E-state index is -1.02. The van der Waals surface area contributed by atoms with Gasteiger partial charge in [-0.3, -0.25) is 25.2 Å². The van der Waals surface area contributed by atoms with Crippen LogP contribution in [0.15, 0.2) is 24.4 Å². The van der Waals surface area contributed by atoms with Gasteiger partial charge >= 0.3 is 6.03 Å². The summed E-state index contributed by atoms with van der Waals surface area (Å²) in [4.78, 5) is 36.9. The fourth-order valence-corrected chi connectivity index (χ4v) is 1.91. The maximum Gasteiger partial charge on any atom is 0.319 e. The monoisotopic (exact) mass is 274 g/mol. The van der Waals surface area contributed by atoms with E-state index >= 15 is 0 Å². The molecule has 0 radical (unpaired) electrons. The van der Waals surface area contributed by atoms with Crippen molar-refractivity contribution in [3.63, 3.8) is 0 Å². The number of aryl methyl sites for hydroxylation is 1. The molecule has 0 aliphatic rings. The molecular formula is C12H10N4O4. The summed E-state index contributed by atoms with van der Waals surface area (Å²) in [5, 5.41) is 13.5. The Morgan fingerprint density at radius 2 is 2.05 bits per heavy atom. The number of rotatable bonds is 2. The number of nitro groups is 1. The first kappa shape index (κ1) is 13.4. The molecule has 0 saturated carbocycles. The molecule has 8 nitrogen and oxygen atoms in total. The Morgan fingerprint density at radius 1 is 1.35 bits per heavy atom. The molecule has 2 rings (SSSR count). The molecule has 0 aliphatic carbocycles. The van der Waals surface area contributed by atoms with Gasteiger partial charge in [0, 0.05) is 17.6 Å². The Labute approximate surface area is 112 Å². The topological polar surface area (TPSA) is 128 Å². The van der Waals surface area contributed by atoms with Gasteiger partial charge in [0.25, 0.3) is 11.6 Å². The van der Waals surface area contributed by atoms with Crippen LogP contribution in [0.1, 0.15) is 16.1 Å². The summed E-state index contributed by atoms with van der Waals surface area (Å²) in [5.41, 5.74) is 5.26. The van der Waals surface area contributed by atoms with E-state index in [9.17, 15) is 19.7 Å². The lowest BCUT2D eigenvalue weighted by Crippen LogP contribution is -2.35. The van der Waals surface area contributed by atoms with E-state index in [1.54, 1.807) is 13.0 Å². The number of benzene rings is 1. The molecule has 3 amide bonds. The van der Waals surface area contributed by atoms with Crippen LogP contribution in [0.5, 0.6) is 0 Å². The number of aromatic nitrogens is 1. The van der Waals surface area contributed by atoms with Gasteiger partial charge in [-0.15, -0.1) is 0 Å². The highest BCUT2D eigenvalue weighted by molar-refractivity contribution is 6.11. The zero-order chi connectivity index (χ0) is 14.9. The number of amides is 3. The SMILES string of the molecule is Cc1cc([N+](=O)[O-])c2ccnc(C(=O)NC(N)=O)c2c1. The van der Waals surface area contributed by atoms with E-state index in [0.717, 1.165) is 0 Å². The van der Waals surface area contributed by atoms with Crippen LogP contribution in [0.25, 0.3) is 10.8 Å². The molecule has 2 aromatic rings. The molecule has 0 unspecified atom stereocenters. The fraction of sp³-hybridized carbons (Fsp3) is 0.0833. The van der Waals surface area contributed by atoms with E-state index in [1.165, 1.54) is 18.3 Å². The number of nitrogens with two attached hydrogens (primary N) is 1. The van der Waals surface area contributed by atoms with E-state index < -0.39 is 16.9 Å². The number of pyridine rings is 1. The number of carbonyl (C=O) groups is 2. The van der Waals surface area contributed by atoms with Crippen LogP contribution >= 0.6 is 0 Å². The van der Waals surface area contributed by atoms with Crippen LogP contribution < -0.4 is 11.1 Å². The highest BCUT2D eigenvalue weighted by Crippen LogP contribution is 2.28. The highest BCUT2D eigenvalue weighted by atomic mass is 16.6. The lowest BCUT2D eigenvalue weighted by molar-refractivity contribution is -0.383. The number of fused-ring (bicyclic) bond motifs is 1. The van der Waals surface area contributed by atoms with E-state index in [1.807, 2.05) is 5.32 Å². The van der Waals surface area contributed by atoms with Gasteiger partial charge in [0.05, 0.1) is 10.3 Å². The maximum atomic E-state index is 11.8. The van der Waals surface area contributed by atoms with Crippen molar-refractivity contribution in [3.05, 3.63) is 45.8 Å². The first-order valence-electron chi connectivity index (χ1n) is 5.54. The third kappa shape index (κ3) is 2.39. The average Bonchev–Trinajstić information content (AvgIpc) is 2.35. The highest BCUT2D eigenvalue weighted by Gasteiger charge is 2.19. The van der Waals surface area contributed by atoms with Gasteiger partial charge in [-0.2, -0.15) is 0 Å². The smallest absolute Gasteiger partial charge is 0.319 e. The molecular weight excluding hydrogens is 264 g/mol. The first-order chi connectivity index (χ1) is 9.40. The molecule has 0 aliphatic heterocycles. The van der Waals surface area contributed by atoms with Crippen molar-refractivity contribution in [2.75, 3.05) is 0 Å². The molecule has 0 saturated heterocycles. The Hall–Kier alpha value is -3.03. The van der Waals surface area contributed by atoms with Crippen LogP contribution in [-0.4, -0.2) is 21.8 Å². The van der Waals surface area contributed by atoms with Crippen molar-refractivity contribution in [2.24, 2.45) is 5.73 Å². The molecule has 8 heteroatoms. The normalized spacial score (nSPS) is 10.2. The number of non-ortho nitro benzene ring substituents is 1. The van der Waals surface area contributed by atoms with E-state index in [2.05, 4.69) is 4.98 Å². The predicted octanol–water partition coefficient (Wildman–Crippen LogP) is 1.26. The minimum Gasteiger partial charge on any atom is -0.351 e. The zero-order valence-electron chi connectivity index (χ0n) is 10.4.